The smallest absolute Gasteiger partial charge is 0.227 e. The van der Waals surface area contributed by atoms with E-state index in [1.54, 1.807) is 12.4 Å². The zero-order valence-electron chi connectivity index (χ0n) is 14.9. The van der Waals surface area contributed by atoms with Crippen LogP contribution in [0.15, 0.2) is 48.8 Å². The van der Waals surface area contributed by atoms with Crippen LogP contribution in [0.1, 0.15) is 18.4 Å². The van der Waals surface area contributed by atoms with Gasteiger partial charge in [-0.25, -0.2) is 9.97 Å². The topological polar surface area (TPSA) is 58.6 Å². The Labute approximate surface area is 153 Å². The second kappa shape index (κ2) is 7.41. The van der Waals surface area contributed by atoms with Gasteiger partial charge in [0.05, 0.1) is 18.6 Å². The third-order valence-corrected chi connectivity index (χ3v) is 5.31. The predicted molar refractivity (Wildman–Crippen MR) is 98.9 cm³/mol. The van der Waals surface area contributed by atoms with Crippen LogP contribution in [0.25, 0.3) is 0 Å². The molecule has 0 radical (unpaired) electrons. The maximum Gasteiger partial charge on any atom is 0.227 e. The summed E-state index contributed by atoms with van der Waals surface area (Å²) in [4.78, 5) is 25.6. The monoisotopic (exact) mass is 352 g/mol. The Bertz CT molecular complexity index is 730. The van der Waals surface area contributed by atoms with Crippen LogP contribution in [0.2, 0.25) is 0 Å². The molecule has 6 nitrogen and oxygen atoms in total. The number of aromatic nitrogens is 2. The molecule has 0 N–H and O–H groups in total. The molecule has 2 saturated heterocycles. The standard InChI is InChI=1S/C20H24N4O2/c25-18(15-17-5-2-1-3-6-17)24-13-14-26-20(16-24)7-11-23(12-8-20)19-21-9-4-10-22-19/h1-6,9-10H,7-8,11-16H2. The highest BCUT2D eigenvalue weighted by Crippen LogP contribution is 2.31. The molecule has 3 heterocycles. The van der Waals surface area contributed by atoms with E-state index in [4.69, 9.17) is 4.74 Å². The normalized spacial score (nSPS) is 19.5. The Balaban J connectivity index is 1.37. The number of rotatable bonds is 3. The highest BCUT2D eigenvalue weighted by molar-refractivity contribution is 5.79. The van der Waals surface area contributed by atoms with Gasteiger partial charge >= 0.3 is 0 Å². The van der Waals surface area contributed by atoms with Crippen LogP contribution in [0.5, 0.6) is 0 Å². The van der Waals surface area contributed by atoms with E-state index in [2.05, 4.69) is 14.9 Å². The van der Waals surface area contributed by atoms with Crippen LogP contribution < -0.4 is 4.90 Å². The van der Waals surface area contributed by atoms with Gasteiger partial charge in [0, 0.05) is 38.6 Å². The summed E-state index contributed by atoms with van der Waals surface area (Å²) in [5, 5.41) is 0. The number of hydrogen-bond donors (Lipinski definition) is 0. The minimum Gasteiger partial charge on any atom is -0.371 e. The molecular formula is C20H24N4O2. The van der Waals surface area contributed by atoms with Gasteiger partial charge in [-0.3, -0.25) is 4.79 Å². The first kappa shape index (κ1) is 17.0. The van der Waals surface area contributed by atoms with Crippen LogP contribution in [-0.2, 0) is 16.0 Å². The van der Waals surface area contributed by atoms with E-state index in [0.717, 1.165) is 37.4 Å². The molecule has 2 aliphatic heterocycles. The first-order valence-corrected chi connectivity index (χ1v) is 9.22. The largest absolute Gasteiger partial charge is 0.371 e. The molecule has 1 aromatic carbocycles. The maximum absolute atomic E-state index is 12.7. The summed E-state index contributed by atoms with van der Waals surface area (Å²) >= 11 is 0. The van der Waals surface area contributed by atoms with Gasteiger partial charge in [0.25, 0.3) is 0 Å². The van der Waals surface area contributed by atoms with Crippen molar-refractivity contribution >= 4 is 11.9 Å². The lowest BCUT2D eigenvalue weighted by Crippen LogP contribution is -2.58. The van der Waals surface area contributed by atoms with Crippen molar-refractivity contribution in [3.05, 3.63) is 54.4 Å². The lowest BCUT2D eigenvalue weighted by Gasteiger charge is -2.47. The molecule has 2 aliphatic rings. The Kier molecular flexibility index (Phi) is 4.84. The van der Waals surface area contributed by atoms with Gasteiger partial charge in [-0.2, -0.15) is 0 Å². The Morgan fingerprint density at radius 3 is 2.50 bits per heavy atom. The van der Waals surface area contributed by atoms with Gasteiger partial charge in [0.1, 0.15) is 0 Å². The van der Waals surface area contributed by atoms with Gasteiger partial charge in [0.2, 0.25) is 11.9 Å². The van der Waals surface area contributed by atoms with E-state index in [9.17, 15) is 4.79 Å². The number of hydrogen-bond acceptors (Lipinski definition) is 5. The molecule has 4 rings (SSSR count). The Hall–Kier alpha value is -2.47. The molecule has 1 amide bonds. The van der Waals surface area contributed by atoms with Gasteiger partial charge in [-0.15, -0.1) is 0 Å². The quantitative estimate of drug-likeness (QED) is 0.845. The molecule has 1 aromatic heterocycles. The highest BCUT2D eigenvalue weighted by atomic mass is 16.5. The third kappa shape index (κ3) is 3.70. The van der Waals surface area contributed by atoms with Crippen LogP contribution >= 0.6 is 0 Å². The molecule has 2 fully saturated rings. The second-order valence-electron chi connectivity index (χ2n) is 7.04. The Morgan fingerprint density at radius 2 is 1.77 bits per heavy atom. The van der Waals surface area contributed by atoms with Crippen molar-refractivity contribution in [3.8, 4) is 0 Å². The molecule has 2 aromatic rings. The molecule has 26 heavy (non-hydrogen) atoms. The summed E-state index contributed by atoms with van der Waals surface area (Å²) in [6.07, 6.45) is 5.78. The van der Waals surface area contributed by atoms with Crippen molar-refractivity contribution in [1.82, 2.24) is 14.9 Å². The molecule has 0 saturated carbocycles. The predicted octanol–water partition coefficient (Wildman–Crippen LogP) is 1.92. The van der Waals surface area contributed by atoms with E-state index < -0.39 is 0 Å². The summed E-state index contributed by atoms with van der Waals surface area (Å²) in [5.74, 6) is 0.961. The highest BCUT2D eigenvalue weighted by Gasteiger charge is 2.41. The first-order chi connectivity index (χ1) is 12.7. The zero-order chi connectivity index (χ0) is 17.8. The summed E-state index contributed by atoms with van der Waals surface area (Å²) in [7, 11) is 0. The molecular weight excluding hydrogens is 328 g/mol. The lowest BCUT2D eigenvalue weighted by atomic mass is 9.89. The summed E-state index contributed by atoms with van der Waals surface area (Å²) in [5.41, 5.74) is 0.838. The molecule has 0 bridgehead atoms. The molecule has 136 valence electrons. The zero-order valence-corrected chi connectivity index (χ0v) is 14.9. The van der Waals surface area contributed by atoms with Gasteiger partial charge in [-0.1, -0.05) is 30.3 Å². The van der Waals surface area contributed by atoms with Gasteiger partial charge in [0.15, 0.2) is 0 Å². The third-order valence-electron chi connectivity index (χ3n) is 5.31. The fraction of sp³-hybridized carbons (Fsp3) is 0.450. The number of carbonyl (C=O) groups excluding carboxylic acids is 1. The fourth-order valence-electron chi connectivity index (χ4n) is 3.81. The molecule has 0 atom stereocenters. The van der Waals surface area contributed by atoms with Gasteiger partial charge < -0.3 is 14.5 Å². The Morgan fingerprint density at radius 1 is 1.04 bits per heavy atom. The first-order valence-electron chi connectivity index (χ1n) is 9.22. The maximum atomic E-state index is 12.7. The van der Waals surface area contributed by atoms with Crippen molar-refractivity contribution in [2.24, 2.45) is 0 Å². The van der Waals surface area contributed by atoms with Crippen molar-refractivity contribution in [3.63, 3.8) is 0 Å². The van der Waals surface area contributed by atoms with E-state index >= 15 is 0 Å². The minimum atomic E-state index is -0.226. The molecule has 1 spiro atoms. The number of anilines is 1. The minimum absolute atomic E-state index is 0.188. The van der Waals surface area contributed by atoms with Crippen molar-refractivity contribution in [1.29, 1.82) is 0 Å². The number of nitrogens with zero attached hydrogens (tertiary/aromatic N) is 4. The average Bonchev–Trinajstić information content (AvgIpc) is 2.70. The van der Waals surface area contributed by atoms with E-state index in [1.165, 1.54) is 0 Å². The van der Waals surface area contributed by atoms with Gasteiger partial charge in [-0.05, 0) is 24.5 Å². The molecule has 0 unspecified atom stereocenters. The van der Waals surface area contributed by atoms with E-state index in [0.29, 0.717) is 26.1 Å². The SMILES string of the molecule is O=C(Cc1ccccc1)N1CCOC2(CCN(c3ncccn3)CC2)C1. The summed E-state index contributed by atoms with van der Waals surface area (Å²) in [6.45, 7) is 3.68. The number of benzene rings is 1. The number of ether oxygens (including phenoxy) is 1. The molecule has 6 heteroatoms. The van der Waals surface area contributed by atoms with Crippen LogP contribution in [0.3, 0.4) is 0 Å². The van der Waals surface area contributed by atoms with Crippen LogP contribution in [0, 0.1) is 0 Å². The fourth-order valence-corrected chi connectivity index (χ4v) is 3.81. The van der Waals surface area contributed by atoms with Crippen molar-refractivity contribution in [2.45, 2.75) is 24.9 Å². The average molecular weight is 352 g/mol. The van der Waals surface area contributed by atoms with Crippen LogP contribution in [-0.4, -0.2) is 59.2 Å². The van der Waals surface area contributed by atoms with Crippen molar-refractivity contribution < 1.29 is 9.53 Å². The molecule has 0 aliphatic carbocycles. The second-order valence-corrected chi connectivity index (χ2v) is 7.04. The summed E-state index contributed by atoms with van der Waals surface area (Å²) < 4.78 is 6.16. The van der Waals surface area contributed by atoms with Crippen molar-refractivity contribution in [2.75, 3.05) is 37.7 Å². The number of amides is 1. The van der Waals surface area contributed by atoms with E-state index in [1.807, 2.05) is 41.3 Å². The lowest BCUT2D eigenvalue weighted by molar-refractivity contribution is -0.153. The summed E-state index contributed by atoms with van der Waals surface area (Å²) in [6, 6.07) is 11.8. The van der Waals surface area contributed by atoms with E-state index in [-0.39, 0.29) is 11.5 Å². The number of carbonyl (C=O) groups is 1. The number of morpholine rings is 1. The van der Waals surface area contributed by atoms with Crippen LogP contribution in [0.4, 0.5) is 5.95 Å². The number of piperidine rings is 1.